The van der Waals surface area contributed by atoms with Crippen molar-refractivity contribution < 1.29 is 9.53 Å². The Morgan fingerprint density at radius 1 is 1.19 bits per heavy atom. The Balaban J connectivity index is 1.83. The first-order valence-corrected chi connectivity index (χ1v) is 7.68. The van der Waals surface area contributed by atoms with Crippen molar-refractivity contribution in [3.63, 3.8) is 0 Å². The number of piperidine rings is 1. The largest absolute Gasteiger partial charge is 0.380 e. The molecule has 0 bridgehead atoms. The van der Waals surface area contributed by atoms with Gasteiger partial charge in [-0.2, -0.15) is 0 Å². The predicted molar refractivity (Wildman–Crippen MR) is 83.9 cm³/mol. The number of rotatable bonds is 4. The smallest absolute Gasteiger partial charge is 0.317 e. The summed E-state index contributed by atoms with van der Waals surface area (Å²) < 4.78 is 5.09. The van der Waals surface area contributed by atoms with Gasteiger partial charge in [0.2, 0.25) is 0 Å². The second kappa shape index (κ2) is 7.46. The monoisotopic (exact) mass is 290 g/mol. The second-order valence-electron chi connectivity index (χ2n) is 6.26. The molecule has 1 aliphatic heterocycles. The van der Waals surface area contributed by atoms with Crippen LogP contribution in [0.15, 0.2) is 24.3 Å². The van der Waals surface area contributed by atoms with Gasteiger partial charge < -0.3 is 15.0 Å². The number of amides is 2. The lowest BCUT2D eigenvalue weighted by Crippen LogP contribution is -2.47. The molecule has 1 aromatic carbocycles. The molecule has 0 saturated carbocycles. The topological polar surface area (TPSA) is 41.6 Å². The summed E-state index contributed by atoms with van der Waals surface area (Å²) in [7, 11) is 1.69. The number of benzene rings is 1. The van der Waals surface area contributed by atoms with E-state index in [2.05, 4.69) is 19.2 Å². The fraction of sp³-hybridized carbons (Fsp3) is 0.588. The van der Waals surface area contributed by atoms with E-state index in [-0.39, 0.29) is 6.03 Å². The highest BCUT2D eigenvalue weighted by Gasteiger charge is 2.24. The third-order valence-electron chi connectivity index (χ3n) is 3.93. The zero-order valence-electron chi connectivity index (χ0n) is 13.3. The summed E-state index contributed by atoms with van der Waals surface area (Å²) in [5.41, 5.74) is 2.26. The van der Waals surface area contributed by atoms with Crippen LogP contribution in [0.3, 0.4) is 0 Å². The van der Waals surface area contributed by atoms with Crippen LogP contribution in [0.2, 0.25) is 0 Å². The maximum absolute atomic E-state index is 12.2. The summed E-state index contributed by atoms with van der Waals surface area (Å²) in [4.78, 5) is 14.2. The molecule has 2 unspecified atom stereocenters. The minimum Gasteiger partial charge on any atom is -0.380 e. The third kappa shape index (κ3) is 4.74. The van der Waals surface area contributed by atoms with E-state index >= 15 is 0 Å². The number of hydrogen-bond donors (Lipinski definition) is 1. The van der Waals surface area contributed by atoms with Crippen LogP contribution in [0.25, 0.3) is 0 Å². The molecular formula is C17H26N2O2. The molecule has 4 nitrogen and oxygen atoms in total. The van der Waals surface area contributed by atoms with E-state index in [0.29, 0.717) is 25.0 Å². The van der Waals surface area contributed by atoms with Crippen LogP contribution in [0.4, 0.5) is 4.79 Å². The summed E-state index contributed by atoms with van der Waals surface area (Å²) in [6.07, 6.45) is 1.21. The summed E-state index contributed by atoms with van der Waals surface area (Å²) in [5.74, 6) is 1.18. The number of ether oxygens (including phenoxy) is 1. The first-order chi connectivity index (χ1) is 10.1. The molecule has 4 heteroatoms. The molecule has 116 valence electrons. The lowest BCUT2D eigenvalue weighted by atomic mass is 9.92. The summed E-state index contributed by atoms with van der Waals surface area (Å²) in [6, 6.07) is 8.20. The van der Waals surface area contributed by atoms with Gasteiger partial charge >= 0.3 is 6.03 Å². The Morgan fingerprint density at radius 2 is 1.76 bits per heavy atom. The molecule has 0 radical (unpaired) electrons. The van der Waals surface area contributed by atoms with Gasteiger partial charge in [0, 0.05) is 26.7 Å². The number of methoxy groups -OCH3 is 1. The Bertz CT molecular complexity index is 448. The van der Waals surface area contributed by atoms with Gasteiger partial charge in [0.05, 0.1) is 6.61 Å². The quantitative estimate of drug-likeness (QED) is 0.926. The average molecular weight is 290 g/mol. The molecule has 0 aromatic heterocycles. The zero-order valence-corrected chi connectivity index (χ0v) is 13.3. The average Bonchev–Trinajstić information content (AvgIpc) is 2.45. The number of nitrogens with zero attached hydrogens (tertiary/aromatic N) is 1. The molecule has 1 aromatic rings. The molecule has 2 amide bonds. The van der Waals surface area contributed by atoms with Crippen molar-refractivity contribution in [2.45, 2.75) is 33.4 Å². The minimum atomic E-state index is 0.0503. The van der Waals surface area contributed by atoms with Crippen LogP contribution in [-0.4, -0.2) is 31.1 Å². The third-order valence-corrected chi connectivity index (χ3v) is 3.93. The molecule has 0 aliphatic carbocycles. The zero-order chi connectivity index (χ0) is 15.2. The normalized spacial score (nSPS) is 22.1. The van der Waals surface area contributed by atoms with Crippen LogP contribution in [0, 0.1) is 11.8 Å². The molecule has 1 fully saturated rings. The summed E-state index contributed by atoms with van der Waals surface area (Å²) in [6.45, 7) is 7.35. The van der Waals surface area contributed by atoms with Crippen LogP contribution >= 0.6 is 0 Å². The highest BCUT2D eigenvalue weighted by atomic mass is 16.5. The van der Waals surface area contributed by atoms with Crippen molar-refractivity contribution in [3.05, 3.63) is 35.4 Å². The van der Waals surface area contributed by atoms with Crippen molar-refractivity contribution in [3.8, 4) is 0 Å². The fourth-order valence-corrected chi connectivity index (χ4v) is 3.04. The van der Waals surface area contributed by atoms with Crippen molar-refractivity contribution in [2.75, 3.05) is 20.2 Å². The molecule has 2 atom stereocenters. The number of urea groups is 1. The number of likely N-dealkylation sites (tertiary alicyclic amines) is 1. The molecule has 1 N–H and O–H groups in total. The molecule has 1 saturated heterocycles. The summed E-state index contributed by atoms with van der Waals surface area (Å²) >= 11 is 0. The highest BCUT2D eigenvalue weighted by Crippen LogP contribution is 2.20. The molecule has 0 spiro atoms. The highest BCUT2D eigenvalue weighted by molar-refractivity contribution is 5.74. The number of hydrogen-bond acceptors (Lipinski definition) is 2. The van der Waals surface area contributed by atoms with Crippen LogP contribution in [-0.2, 0) is 17.9 Å². The lowest BCUT2D eigenvalue weighted by molar-refractivity contribution is 0.146. The Kier molecular flexibility index (Phi) is 5.62. The van der Waals surface area contributed by atoms with E-state index in [9.17, 15) is 4.79 Å². The van der Waals surface area contributed by atoms with Gasteiger partial charge in [-0.05, 0) is 29.4 Å². The minimum absolute atomic E-state index is 0.0503. The summed E-state index contributed by atoms with van der Waals surface area (Å²) in [5, 5.41) is 3.02. The van der Waals surface area contributed by atoms with E-state index in [1.54, 1.807) is 7.11 Å². The first-order valence-electron chi connectivity index (χ1n) is 7.68. The van der Waals surface area contributed by atoms with Gasteiger partial charge in [0.1, 0.15) is 0 Å². The van der Waals surface area contributed by atoms with E-state index in [1.165, 1.54) is 6.42 Å². The van der Waals surface area contributed by atoms with Crippen LogP contribution < -0.4 is 5.32 Å². The van der Waals surface area contributed by atoms with Crippen molar-refractivity contribution in [1.29, 1.82) is 0 Å². The number of carbonyl (C=O) groups excluding carboxylic acids is 1. The molecule has 1 aliphatic rings. The van der Waals surface area contributed by atoms with Gasteiger partial charge in [0.25, 0.3) is 0 Å². The SMILES string of the molecule is COCc1ccc(CNC(=O)N2CC(C)CC(C)C2)cc1. The first kappa shape index (κ1) is 15.8. The van der Waals surface area contributed by atoms with Crippen LogP contribution in [0.1, 0.15) is 31.4 Å². The molecule has 21 heavy (non-hydrogen) atoms. The van der Waals surface area contributed by atoms with Gasteiger partial charge in [-0.15, -0.1) is 0 Å². The van der Waals surface area contributed by atoms with Gasteiger partial charge in [-0.1, -0.05) is 38.1 Å². The van der Waals surface area contributed by atoms with Crippen molar-refractivity contribution in [1.82, 2.24) is 10.2 Å². The maximum Gasteiger partial charge on any atom is 0.317 e. The van der Waals surface area contributed by atoms with E-state index in [1.807, 2.05) is 29.2 Å². The van der Waals surface area contributed by atoms with Crippen LogP contribution in [0.5, 0.6) is 0 Å². The van der Waals surface area contributed by atoms with Crippen molar-refractivity contribution >= 4 is 6.03 Å². The predicted octanol–water partition coefficient (Wildman–Crippen LogP) is 3.02. The Morgan fingerprint density at radius 3 is 2.33 bits per heavy atom. The number of carbonyl (C=O) groups is 1. The van der Waals surface area contributed by atoms with E-state index < -0.39 is 0 Å². The van der Waals surface area contributed by atoms with E-state index in [4.69, 9.17) is 4.74 Å². The second-order valence-corrected chi connectivity index (χ2v) is 6.26. The van der Waals surface area contributed by atoms with Gasteiger partial charge in [-0.25, -0.2) is 4.79 Å². The maximum atomic E-state index is 12.2. The lowest BCUT2D eigenvalue weighted by Gasteiger charge is -2.34. The molecule has 1 heterocycles. The fourth-order valence-electron chi connectivity index (χ4n) is 3.04. The van der Waals surface area contributed by atoms with Gasteiger partial charge in [-0.3, -0.25) is 0 Å². The Hall–Kier alpha value is -1.55. The number of nitrogens with one attached hydrogen (secondary N) is 1. The molecular weight excluding hydrogens is 264 g/mol. The van der Waals surface area contributed by atoms with Gasteiger partial charge in [0.15, 0.2) is 0 Å². The standard InChI is InChI=1S/C17H26N2O2/c1-13-8-14(2)11-19(10-13)17(20)18-9-15-4-6-16(7-5-15)12-21-3/h4-7,13-14H,8-12H2,1-3H3,(H,18,20). The van der Waals surface area contributed by atoms with E-state index in [0.717, 1.165) is 24.2 Å². The Labute approximate surface area is 127 Å². The molecule has 2 rings (SSSR count). The van der Waals surface area contributed by atoms with Crippen molar-refractivity contribution in [2.24, 2.45) is 11.8 Å².